The molecule has 0 atom stereocenters. The fraction of sp³-hybridized carbons (Fsp3) is 0.727. The summed E-state index contributed by atoms with van der Waals surface area (Å²) in [6.07, 6.45) is 48.5. The molecular formula is C44H74N2O. The van der Waals surface area contributed by atoms with Gasteiger partial charge in [-0.05, 0) is 49.9 Å². The van der Waals surface area contributed by atoms with Crippen LogP contribution in [0.2, 0.25) is 0 Å². The van der Waals surface area contributed by atoms with Gasteiger partial charge in [0.15, 0.2) is 0 Å². The number of hydrogen-bond acceptors (Lipinski definition) is 2. The molecule has 0 spiro atoms. The Balaban J connectivity index is 2.24. The van der Waals surface area contributed by atoms with Crippen LogP contribution in [0.3, 0.4) is 0 Å². The minimum absolute atomic E-state index is 0.0380. The summed E-state index contributed by atoms with van der Waals surface area (Å²) in [5.74, 6) is -0.0380. The standard InChI is InChI=1S/C44H74N2O/c1-3-5-7-9-11-13-15-17-19-21-23-25-27-29-31-33-39-46(44(47)43-37-35-42(41-45)36-38-43)40-34-32-30-28-26-24-22-20-18-16-14-12-10-8-6-4-2/h33-40H,3-32H2,1-2H3. The summed E-state index contributed by atoms with van der Waals surface area (Å²) >= 11 is 0. The number of amides is 1. The number of nitriles is 1. The first kappa shape index (κ1) is 42.7. The highest BCUT2D eigenvalue weighted by Gasteiger charge is 2.11. The van der Waals surface area contributed by atoms with E-state index in [1.807, 2.05) is 12.4 Å². The molecular weight excluding hydrogens is 572 g/mol. The van der Waals surface area contributed by atoms with E-state index in [0.717, 1.165) is 12.8 Å². The molecule has 266 valence electrons. The first-order valence-corrected chi connectivity index (χ1v) is 20.4. The van der Waals surface area contributed by atoms with Gasteiger partial charge in [0.2, 0.25) is 0 Å². The van der Waals surface area contributed by atoms with E-state index in [2.05, 4.69) is 32.1 Å². The maximum atomic E-state index is 13.3. The molecule has 0 heterocycles. The number of unbranched alkanes of at least 4 members (excludes halogenated alkanes) is 28. The first-order valence-electron chi connectivity index (χ1n) is 20.4. The molecule has 0 saturated carbocycles. The Morgan fingerprint density at radius 2 is 0.809 bits per heavy atom. The van der Waals surface area contributed by atoms with Crippen molar-refractivity contribution >= 4 is 5.91 Å². The summed E-state index contributed by atoms with van der Waals surface area (Å²) < 4.78 is 0. The fourth-order valence-corrected chi connectivity index (χ4v) is 6.31. The highest BCUT2D eigenvalue weighted by molar-refractivity contribution is 5.95. The molecule has 0 radical (unpaired) electrons. The van der Waals surface area contributed by atoms with E-state index in [0.29, 0.717) is 11.1 Å². The summed E-state index contributed by atoms with van der Waals surface area (Å²) in [5.41, 5.74) is 1.20. The summed E-state index contributed by atoms with van der Waals surface area (Å²) in [5, 5.41) is 9.13. The number of carbonyl (C=O) groups excluding carboxylic acids is 1. The van der Waals surface area contributed by atoms with Crippen molar-refractivity contribution in [1.82, 2.24) is 4.90 Å². The van der Waals surface area contributed by atoms with Crippen molar-refractivity contribution in [3.05, 3.63) is 59.9 Å². The molecule has 0 unspecified atom stereocenters. The SMILES string of the molecule is CCCCCCCCCCCCCCCCC=CN(C=CCCCCCCCCCCCCCCCC)C(=O)c1ccc(C#N)cc1. The van der Waals surface area contributed by atoms with Crippen molar-refractivity contribution in [2.24, 2.45) is 0 Å². The quantitative estimate of drug-likeness (QED) is 0.0713. The Kier molecular flexibility index (Phi) is 30.5. The predicted molar refractivity (Wildman–Crippen MR) is 205 cm³/mol. The van der Waals surface area contributed by atoms with Crippen LogP contribution in [0.4, 0.5) is 0 Å². The van der Waals surface area contributed by atoms with E-state index in [1.165, 1.54) is 180 Å². The molecule has 1 amide bonds. The average Bonchev–Trinajstić information content (AvgIpc) is 3.10. The van der Waals surface area contributed by atoms with Crippen LogP contribution in [-0.4, -0.2) is 10.8 Å². The molecule has 0 saturated heterocycles. The largest absolute Gasteiger partial charge is 0.291 e. The monoisotopic (exact) mass is 647 g/mol. The van der Waals surface area contributed by atoms with Crippen molar-refractivity contribution in [3.8, 4) is 6.07 Å². The highest BCUT2D eigenvalue weighted by Crippen LogP contribution is 2.16. The molecule has 0 N–H and O–H groups in total. The lowest BCUT2D eigenvalue weighted by molar-refractivity contribution is 0.0869. The normalized spacial score (nSPS) is 11.5. The second kappa shape index (κ2) is 33.6. The van der Waals surface area contributed by atoms with Gasteiger partial charge in [0.25, 0.3) is 5.91 Å². The third kappa shape index (κ3) is 26.3. The van der Waals surface area contributed by atoms with Crippen LogP contribution in [-0.2, 0) is 0 Å². The predicted octanol–water partition coefficient (Wildman–Crippen LogP) is 14.8. The van der Waals surface area contributed by atoms with Gasteiger partial charge >= 0.3 is 0 Å². The van der Waals surface area contributed by atoms with E-state index in [1.54, 1.807) is 29.2 Å². The molecule has 1 aromatic carbocycles. The Labute approximate surface area is 292 Å². The Hall–Kier alpha value is -2.34. The lowest BCUT2D eigenvalue weighted by Crippen LogP contribution is -2.20. The van der Waals surface area contributed by atoms with E-state index < -0.39 is 0 Å². The fourth-order valence-electron chi connectivity index (χ4n) is 6.31. The summed E-state index contributed by atoms with van der Waals surface area (Å²) in [4.78, 5) is 15.0. The second-order valence-corrected chi connectivity index (χ2v) is 13.9. The van der Waals surface area contributed by atoms with Crippen molar-refractivity contribution in [3.63, 3.8) is 0 Å². The van der Waals surface area contributed by atoms with E-state index in [9.17, 15) is 4.79 Å². The molecule has 0 bridgehead atoms. The Morgan fingerprint density at radius 3 is 1.11 bits per heavy atom. The van der Waals surface area contributed by atoms with Gasteiger partial charge in [-0.15, -0.1) is 0 Å². The van der Waals surface area contributed by atoms with Crippen molar-refractivity contribution in [1.29, 1.82) is 5.26 Å². The molecule has 47 heavy (non-hydrogen) atoms. The van der Waals surface area contributed by atoms with Gasteiger partial charge in [-0.3, -0.25) is 9.69 Å². The molecule has 0 aliphatic carbocycles. The molecule has 3 heteroatoms. The zero-order valence-electron chi connectivity index (χ0n) is 31.1. The summed E-state index contributed by atoms with van der Waals surface area (Å²) in [6.45, 7) is 4.57. The van der Waals surface area contributed by atoms with Crippen LogP contribution in [0.25, 0.3) is 0 Å². The van der Waals surface area contributed by atoms with Gasteiger partial charge in [-0.25, -0.2) is 0 Å². The van der Waals surface area contributed by atoms with Gasteiger partial charge in [-0.1, -0.05) is 193 Å². The van der Waals surface area contributed by atoms with Gasteiger partial charge in [0.05, 0.1) is 11.6 Å². The van der Waals surface area contributed by atoms with Gasteiger partial charge in [0, 0.05) is 18.0 Å². The van der Waals surface area contributed by atoms with Gasteiger partial charge in [0.1, 0.15) is 0 Å². The maximum absolute atomic E-state index is 13.3. The van der Waals surface area contributed by atoms with E-state index >= 15 is 0 Å². The minimum atomic E-state index is -0.0380. The molecule has 0 aromatic heterocycles. The number of allylic oxidation sites excluding steroid dienone is 2. The lowest BCUT2D eigenvalue weighted by atomic mass is 10.0. The Bertz CT molecular complexity index is 883. The number of benzene rings is 1. The summed E-state index contributed by atoms with van der Waals surface area (Å²) in [6, 6.07) is 9.11. The van der Waals surface area contributed by atoms with Crippen LogP contribution < -0.4 is 0 Å². The average molecular weight is 647 g/mol. The third-order valence-electron chi connectivity index (χ3n) is 9.48. The van der Waals surface area contributed by atoms with Crippen molar-refractivity contribution in [2.75, 3.05) is 0 Å². The second-order valence-electron chi connectivity index (χ2n) is 13.9. The molecule has 0 fully saturated rings. The number of nitrogens with zero attached hydrogens (tertiary/aromatic N) is 2. The molecule has 1 rings (SSSR count). The van der Waals surface area contributed by atoms with Crippen LogP contribution >= 0.6 is 0 Å². The van der Waals surface area contributed by atoms with Crippen LogP contribution in [0.15, 0.2) is 48.8 Å². The topological polar surface area (TPSA) is 44.1 Å². The van der Waals surface area contributed by atoms with Crippen LogP contribution in [0, 0.1) is 11.3 Å². The number of rotatable bonds is 33. The number of carbonyl (C=O) groups is 1. The first-order chi connectivity index (χ1) is 23.2. The highest BCUT2D eigenvalue weighted by atomic mass is 16.2. The summed E-state index contributed by atoms with van der Waals surface area (Å²) in [7, 11) is 0. The van der Waals surface area contributed by atoms with Crippen molar-refractivity contribution in [2.45, 2.75) is 206 Å². The van der Waals surface area contributed by atoms with Gasteiger partial charge < -0.3 is 0 Å². The zero-order chi connectivity index (χ0) is 33.9. The van der Waals surface area contributed by atoms with Crippen LogP contribution in [0.5, 0.6) is 0 Å². The molecule has 1 aromatic rings. The van der Waals surface area contributed by atoms with E-state index in [-0.39, 0.29) is 5.91 Å². The Morgan fingerprint density at radius 1 is 0.511 bits per heavy atom. The molecule has 0 aliphatic rings. The van der Waals surface area contributed by atoms with E-state index in [4.69, 9.17) is 5.26 Å². The smallest absolute Gasteiger partial charge is 0.261 e. The maximum Gasteiger partial charge on any atom is 0.261 e. The number of hydrogen-bond donors (Lipinski definition) is 0. The molecule has 3 nitrogen and oxygen atoms in total. The van der Waals surface area contributed by atoms with Crippen LogP contribution in [0.1, 0.15) is 222 Å². The lowest BCUT2D eigenvalue weighted by Gasteiger charge is -2.14. The zero-order valence-corrected chi connectivity index (χ0v) is 31.1. The molecule has 0 aliphatic heterocycles. The minimum Gasteiger partial charge on any atom is -0.291 e. The van der Waals surface area contributed by atoms with Gasteiger partial charge in [-0.2, -0.15) is 5.26 Å². The third-order valence-corrected chi connectivity index (χ3v) is 9.48. The van der Waals surface area contributed by atoms with Crippen molar-refractivity contribution < 1.29 is 4.79 Å².